The summed E-state index contributed by atoms with van der Waals surface area (Å²) in [4.78, 5) is 45.2. The number of phenolic OH excluding ortho intramolecular Hbond substituents is 1. The first-order valence-electron chi connectivity index (χ1n) is 11.8. The summed E-state index contributed by atoms with van der Waals surface area (Å²) < 4.78 is 5.21. The zero-order valence-electron chi connectivity index (χ0n) is 20.1. The summed E-state index contributed by atoms with van der Waals surface area (Å²) in [5.41, 5.74) is 1.81. The van der Waals surface area contributed by atoms with E-state index in [1.807, 2.05) is 30.3 Å². The molecule has 2 N–H and O–H groups in total. The van der Waals surface area contributed by atoms with Crippen LogP contribution >= 0.6 is 0 Å². The minimum absolute atomic E-state index is 0.0529. The summed E-state index contributed by atoms with van der Waals surface area (Å²) >= 11 is 0. The number of likely N-dealkylation sites (N-methyl/N-ethyl adjacent to an activating group) is 1. The van der Waals surface area contributed by atoms with Crippen molar-refractivity contribution in [2.45, 2.75) is 31.1 Å². The number of nitrogens with one attached hydrogen (secondary N) is 1. The van der Waals surface area contributed by atoms with Gasteiger partial charge in [-0.15, -0.1) is 0 Å². The van der Waals surface area contributed by atoms with Crippen LogP contribution in [-0.2, 0) is 32.1 Å². The Bertz CT molecular complexity index is 1050. The molecule has 3 amide bonds. The Kier molecular flexibility index (Phi) is 7.67. The molecule has 9 heteroatoms. The third kappa shape index (κ3) is 5.47. The summed E-state index contributed by atoms with van der Waals surface area (Å²) in [6.45, 7) is 1.43. The van der Waals surface area contributed by atoms with E-state index in [-0.39, 0.29) is 36.6 Å². The maximum Gasteiger partial charge on any atom is 0.245 e. The molecule has 0 aliphatic carbocycles. The third-order valence-corrected chi connectivity index (χ3v) is 6.72. The second-order valence-corrected chi connectivity index (χ2v) is 9.10. The van der Waals surface area contributed by atoms with Crippen molar-refractivity contribution in [3.63, 3.8) is 0 Å². The number of ether oxygens (including phenoxy) is 1. The Morgan fingerprint density at radius 1 is 1.09 bits per heavy atom. The average molecular weight is 481 g/mol. The predicted octanol–water partition coefficient (Wildman–Crippen LogP) is 0.620. The number of hydrogen-bond donors (Lipinski definition) is 2. The van der Waals surface area contributed by atoms with Crippen LogP contribution in [0.25, 0.3) is 0 Å². The summed E-state index contributed by atoms with van der Waals surface area (Å²) in [7, 11) is 3.35. The van der Waals surface area contributed by atoms with Crippen LogP contribution < -0.4 is 5.32 Å². The van der Waals surface area contributed by atoms with E-state index in [0.717, 1.165) is 11.1 Å². The number of carbonyl (C=O) groups is 3. The normalized spacial score (nSPS) is 22.7. The van der Waals surface area contributed by atoms with Gasteiger partial charge in [0.15, 0.2) is 0 Å². The highest BCUT2D eigenvalue weighted by atomic mass is 16.5. The molecule has 0 saturated carbocycles. The summed E-state index contributed by atoms with van der Waals surface area (Å²) in [6.07, 6.45) is 0.299. The predicted molar refractivity (Wildman–Crippen MR) is 129 cm³/mol. The highest BCUT2D eigenvalue weighted by Crippen LogP contribution is 2.28. The van der Waals surface area contributed by atoms with Gasteiger partial charge in [-0.05, 0) is 30.3 Å². The maximum atomic E-state index is 13.5. The number of methoxy groups -OCH3 is 1. The lowest BCUT2D eigenvalue weighted by molar-refractivity contribution is -0.168. The van der Waals surface area contributed by atoms with Gasteiger partial charge in [0.25, 0.3) is 0 Å². The van der Waals surface area contributed by atoms with Gasteiger partial charge in [0.1, 0.15) is 17.8 Å². The molecule has 3 atom stereocenters. The van der Waals surface area contributed by atoms with Gasteiger partial charge in [0.05, 0.1) is 19.2 Å². The monoisotopic (exact) mass is 480 g/mol. The lowest BCUT2D eigenvalue weighted by atomic mass is 9.91. The van der Waals surface area contributed by atoms with Crippen LogP contribution in [0.1, 0.15) is 11.1 Å². The average Bonchev–Trinajstić information content (AvgIpc) is 2.85. The molecule has 2 aliphatic rings. The van der Waals surface area contributed by atoms with Crippen molar-refractivity contribution in [1.29, 1.82) is 0 Å². The molecule has 2 aromatic rings. The number of carbonyl (C=O) groups excluding carboxylic acids is 3. The van der Waals surface area contributed by atoms with Gasteiger partial charge in [-0.3, -0.25) is 19.3 Å². The zero-order valence-corrected chi connectivity index (χ0v) is 20.1. The van der Waals surface area contributed by atoms with Crippen molar-refractivity contribution in [2.24, 2.45) is 0 Å². The number of amides is 3. The van der Waals surface area contributed by atoms with Crippen LogP contribution in [0.2, 0.25) is 0 Å². The first-order chi connectivity index (χ1) is 16.9. The second kappa shape index (κ2) is 10.9. The van der Waals surface area contributed by atoms with Crippen LogP contribution in [0.4, 0.5) is 0 Å². The lowest BCUT2D eigenvalue weighted by Crippen LogP contribution is -2.75. The molecule has 1 unspecified atom stereocenters. The Balaban J connectivity index is 1.61. The molecule has 0 bridgehead atoms. The van der Waals surface area contributed by atoms with E-state index in [9.17, 15) is 19.5 Å². The molecule has 2 heterocycles. The molecule has 2 aliphatic heterocycles. The molecule has 35 heavy (non-hydrogen) atoms. The van der Waals surface area contributed by atoms with E-state index in [1.165, 1.54) is 0 Å². The molecule has 2 aromatic carbocycles. The van der Waals surface area contributed by atoms with Crippen molar-refractivity contribution in [3.05, 3.63) is 65.7 Å². The van der Waals surface area contributed by atoms with Gasteiger partial charge < -0.3 is 25.0 Å². The third-order valence-electron chi connectivity index (χ3n) is 6.72. The van der Waals surface area contributed by atoms with Crippen molar-refractivity contribution in [3.8, 4) is 5.75 Å². The van der Waals surface area contributed by atoms with E-state index in [1.54, 1.807) is 53.1 Å². The van der Waals surface area contributed by atoms with Crippen LogP contribution in [0.15, 0.2) is 54.6 Å². The van der Waals surface area contributed by atoms with Crippen LogP contribution in [0.3, 0.4) is 0 Å². The fraction of sp³-hybridized carbons (Fsp3) is 0.423. The van der Waals surface area contributed by atoms with E-state index in [2.05, 4.69) is 5.32 Å². The first-order valence-corrected chi connectivity index (χ1v) is 11.8. The number of hydrogen-bond acceptors (Lipinski definition) is 6. The molecule has 0 aromatic heterocycles. The van der Waals surface area contributed by atoms with Crippen LogP contribution in [0, 0.1) is 0 Å². The Hall–Kier alpha value is -3.43. The van der Waals surface area contributed by atoms with Gasteiger partial charge in [0, 0.05) is 33.2 Å². The van der Waals surface area contributed by atoms with Gasteiger partial charge in [-0.25, -0.2) is 0 Å². The Morgan fingerprint density at radius 3 is 2.49 bits per heavy atom. The van der Waals surface area contributed by atoms with Gasteiger partial charge in [0.2, 0.25) is 17.7 Å². The van der Waals surface area contributed by atoms with Gasteiger partial charge >= 0.3 is 0 Å². The number of aromatic hydroxyl groups is 1. The minimum Gasteiger partial charge on any atom is -0.508 e. The van der Waals surface area contributed by atoms with Gasteiger partial charge in [-0.1, -0.05) is 42.5 Å². The molecule has 9 nitrogen and oxygen atoms in total. The standard InChI is InChI=1S/C26H32N4O5/c1-28-17-23(32)30-21(14-18-8-10-20(31)11-9-18)26(34)29(12-13-35-2)16-22(30)24(28)25(33)27-15-19-6-4-3-5-7-19/h3-11,21-22,24,31H,12-17H2,1-2H3,(H,27,33)/t21-,22+,24?/m0/s1. The van der Waals surface area contributed by atoms with Crippen molar-refractivity contribution < 1.29 is 24.2 Å². The topological polar surface area (TPSA) is 102 Å². The number of piperazine rings is 2. The lowest BCUT2D eigenvalue weighted by Gasteiger charge is -2.53. The summed E-state index contributed by atoms with van der Waals surface area (Å²) in [5, 5.41) is 12.6. The van der Waals surface area contributed by atoms with Crippen molar-refractivity contribution >= 4 is 17.7 Å². The molecule has 186 valence electrons. The molecule has 2 saturated heterocycles. The smallest absolute Gasteiger partial charge is 0.245 e. The minimum atomic E-state index is -0.735. The van der Waals surface area contributed by atoms with E-state index in [0.29, 0.717) is 26.1 Å². The number of rotatable bonds is 8. The van der Waals surface area contributed by atoms with Crippen LogP contribution in [0.5, 0.6) is 5.75 Å². The molecular formula is C26H32N4O5. The zero-order chi connectivity index (χ0) is 24.9. The molecule has 0 radical (unpaired) electrons. The molecule has 4 rings (SSSR count). The van der Waals surface area contributed by atoms with E-state index < -0.39 is 18.1 Å². The van der Waals surface area contributed by atoms with Crippen molar-refractivity contribution in [1.82, 2.24) is 20.0 Å². The molecular weight excluding hydrogens is 448 g/mol. The SMILES string of the molecule is COCCN1C[C@@H]2C(C(=O)NCc3ccccc3)N(C)CC(=O)N2[C@@H](Cc2ccc(O)cc2)C1=O. The summed E-state index contributed by atoms with van der Waals surface area (Å²) in [6, 6.07) is 14.4. The maximum absolute atomic E-state index is 13.5. The fourth-order valence-corrected chi connectivity index (χ4v) is 4.97. The number of phenols is 1. The van der Waals surface area contributed by atoms with Crippen LogP contribution in [-0.4, -0.2) is 96.1 Å². The Morgan fingerprint density at radius 2 is 1.80 bits per heavy atom. The highest BCUT2D eigenvalue weighted by Gasteiger charge is 2.51. The summed E-state index contributed by atoms with van der Waals surface area (Å²) in [5.74, 6) is -0.377. The van der Waals surface area contributed by atoms with E-state index in [4.69, 9.17) is 4.74 Å². The Labute approximate surface area is 205 Å². The van der Waals surface area contributed by atoms with Crippen molar-refractivity contribution in [2.75, 3.05) is 40.4 Å². The quantitative estimate of drug-likeness (QED) is 0.574. The molecule has 0 spiro atoms. The molecule has 2 fully saturated rings. The fourth-order valence-electron chi connectivity index (χ4n) is 4.97. The van der Waals surface area contributed by atoms with Gasteiger partial charge in [-0.2, -0.15) is 0 Å². The number of benzene rings is 2. The van der Waals surface area contributed by atoms with E-state index >= 15 is 0 Å². The highest BCUT2D eigenvalue weighted by molar-refractivity contribution is 5.93. The second-order valence-electron chi connectivity index (χ2n) is 9.10. The number of fused-ring (bicyclic) bond motifs is 1. The number of nitrogens with zero attached hydrogens (tertiary/aromatic N) is 3. The largest absolute Gasteiger partial charge is 0.508 e. The first kappa shape index (κ1) is 24.7.